The number of ether oxygens (including phenoxy) is 2. The number of rotatable bonds is 6. The Bertz CT molecular complexity index is 1130. The molecule has 0 atom stereocenters. The molecular formula is C24H23FN2O2. The fourth-order valence-electron chi connectivity index (χ4n) is 3.51. The Morgan fingerprint density at radius 2 is 1.62 bits per heavy atom. The van der Waals surface area contributed by atoms with Crippen molar-refractivity contribution in [2.24, 2.45) is 0 Å². The van der Waals surface area contributed by atoms with Gasteiger partial charge in [0.1, 0.15) is 23.7 Å². The van der Waals surface area contributed by atoms with Crippen LogP contribution in [0.25, 0.3) is 10.9 Å². The Morgan fingerprint density at radius 3 is 2.31 bits per heavy atom. The lowest BCUT2D eigenvalue weighted by molar-refractivity contribution is 0.296. The van der Waals surface area contributed by atoms with Gasteiger partial charge in [-0.2, -0.15) is 0 Å². The van der Waals surface area contributed by atoms with Gasteiger partial charge >= 0.3 is 0 Å². The number of aromatic nitrogens is 2. The summed E-state index contributed by atoms with van der Waals surface area (Å²) in [5.74, 6) is 1.16. The van der Waals surface area contributed by atoms with Crippen molar-refractivity contribution in [3.63, 3.8) is 0 Å². The van der Waals surface area contributed by atoms with E-state index in [4.69, 9.17) is 9.47 Å². The maximum absolute atomic E-state index is 13.1. The summed E-state index contributed by atoms with van der Waals surface area (Å²) in [6, 6.07) is 16.4. The van der Waals surface area contributed by atoms with Crippen molar-refractivity contribution >= 4 is 10.9 Å². The highest BCUT2D eigenvalue weighted by Crippen LogP contribution is 2.32. The third kappa shape index (κ3) is 3.81. The van der Waals surface area contributed by atoms with E-state index in [9.17, 15) is 4.39 Å². The molecule has 0 aliphatic rings. The molecule has 0 bridgehead atoms. The van der Waals surface area contributed by atoms with Crippen molar-refractivity contribution in [3.8, 4) is 11.6 Å². The zero-order valence-electron chi connectivity index (χ0n) is 16.8. The van der Waals surface area contributed by atoms with Gasteiger partial charge in [-0.15, -0.1) is 0 Å². The van der Waals surface area contributed by atoms with E-state index in [1.54, 1.807) is 25.4 Å². The third-order valence-corrected chi connectivity index (χ3v) is 5.30. The molecule has 4 rings (SSSR count). The summed E-state index contributed by atoms with van der Waals surface area (Å²) in [7, 11) is 1.67. The Balaban J connectivity index is 1.69. The number of fused-ring (bicyclic) bond motifs is 1. The monoisotopic (exact) mass is 390 g/mol. The fraction of sp³-hybridized carbons (Fsp3) is 0.208. The Morgan fingerprint density at radius 1 is 0.931 bits per heavy atom. The average Bonchev–Trinajstić information content (AvgIpc) is 2.99. The second kappa shape index (κ2) is 7.95. The van der Waals surface area contributed by atoms with E-state index in [0.29, 0.717) is 19.0 Å². The van der Waals surface area contributed by atoms with Crippen LogP contribution in [0, 0.1) is 19.7 Å². The lowest BCUT2D eigenvalue weighted by atomic mass is 10.2. The minimum atomic E-state index is -0.256. The summed E-state index contributed by atoms with van der Waals surface area (Å²) >= 11 is 0. The first-order valence-electron chi connectivity index (χ1n) is 9.51. The first-order valence-corrected chi connectivity index (χ1v) is 9.51. The Hall–Kier alpha value is -3.34. The number of hydrogen-bond donors (Lipinski definition) is 0. The first kappa shape index (κ1) is 19.0. The number of hydrogen-bond acceptors (Lipinski definition) is 3. The number of pyridine rings is 1. The quantitative estimate of drug-likeness (QED) is 0.441. The Kier molecular flexibility index (Phi) is 5.21. The summed E-state index contributed by atoms with van der Waals surface area (Å²) < 4.78 is 26.7. The SMILES string of the molecule is COc1ccc(Cn2c(C)c(C)c3ccnc(OCc4ccc(F)cc4)c32)cc1. The molecule has 29 heavy (non-hydrogen) atoms. The molecule has 0 N–H and O–H groups in total. The second-order valence-corrected chi connectivity index (χ2v) is 7.07. The highest BCUT2D eigenvalue weighted by Gasteiger charge is 2.16. The van der Waals surface area contributed by atoms with Crippen LogP contribution in [-0.2, 0) is 13.2 Å². The second-order valence-electron chi connectivity index (χ2n) is 7.07. The first-order chi connectivity index (χ1) is 14.1. The molecule has 0 aliphatic carbocycles. The molecule has 0 fully saturated rings. The molecule has 0 saturated heterocycles. The molecule has 0 spiro atoms. The predicted molar refractivity (Wildman–Crippen MR) is 112 cm³/mol. The topological polar surface area (TPSA) is 36.3 Å². The van der Waals surface area contributed by atoms with Gasteiger partial charge < -0.3 is 14.0 Å². The van der Waals surface area contributed by atoms with E-state index in [1.807, 2.05) is 18.2 Å². The maximum atomic E-state index is 13.1. The molecule has 0 saturated carbocycles. The van der Waals surface area contributed by atoms with Crippen LogP contribution in [-0.4, -0.2) is 16.7 Å². The van der Waals surface area contributed by atoms with Gasteiger partial charge in [0.15, 0.2) is 0 Å². The number of nitrogens with zero attached hydrogens (tertiary/aromatic N) is 2. The van der Waals surface area contributed by atoms with Crippen LogP contribution in [0.15, 0.2) is 60.8 Å². The number of halogens is 1. The van der Waals surface area contributed by atoms with Crippen molar-refractivity contribution in [1.29, 1.82) is 0 Å². The van der Waals surface area contributed by atoms with Gasteiger partial charge in [0.25, 0.3) is 0 Å². The molecule has 2 heterocycles. The lowest BCUT2D eigenvalue weighted by Crippen LogP contribution is -2.05. The normalized spacial score (nSPS) is 11.0. The standard InChI is InChI=1S/C24H23FN2O2/c1-16-17(2)27(14-18-6-10-21(28-3)11-7-18)23-22(16)12-13-26-24(23)29-15-19-4-8-20(25)9-5-19/h4-13H,14-15H2,1-3H3. The molecule has 2 aromatic heterocycles. The summed E-state index contributed by atoms with van der Waals surface area (Å²) in [6.45, 7) is 5.27. The van der Waals surface area contributed by atoms with Gasteiger partial charge in [-0.1, -0.05) is 24.3 Å². The van der Waals surface area contributed by atoms with Crippen LogP contribution in [0.1, 0.15) is 22.4 Å². The molecular weight excluding hydrogens is 367 g/mol. The fourth-order valence-corrected chi connectivity index (χ4v) is 3.51. The minimum Gasteiger partial charge on any atom is -0.497 e. The van der Waals surface area contributed by atoms with E-state index < -0.39 is 0 Å². The highest BCUT2D eigenvalue weighted by molar-refractivity contribution is 5.89. The maximum Gasteiger partial charge on any atom is 0.238 e. The van der Waals surface area contributed by atoms with Crippen LogP contribution in [0.5, 0.6) is 11.6 Å². The van der Waals surface area contributed by atoms with Crippen LogP contribution in [0.4, 0.5) is 4.39 Å². The van der Waals surface area contributed by atoms with Gasteiger partial charge in [0.05, 0.1) is 7.11 Å². The van der Waals surface area contributed by atoms with Crippen molar-refractivity contribution in [2.75, 3.05) is 7.11 Å². The van der Waals surface area contributed by atoms with Crippen LogP contribution >= 0.6 is 0 Å². The van der Waals surface area contributed by atoms with E-state index >= 15 is 0 Å². The van der Waals surface area contributed by atoms with Crippen LogP contribution in [0.2, 0.25) is 0 Å². The van der Waals surface area contributed by atoms with Gasteiger partial charge in [0.2, 0.25) is 5.88 Å². The largest absolute Gasteiger partial charge is 0.497 e. The van der Waals surface area contributed by atoms with E-state index in [0.717, 1.165) is 22.2 Å². The number of benzene rings is 2. The van der Waals surface area contributed by atoms with E-state index in [1.165, 1.54) is 29.0 Å². The Labute approximate surface area is 169 Å². The molecule has 5 heteroatoms. The van der Waals surface area contributed by atoms with E-state index in [-0.39, 0.29) is 5.82 Å². The molecule has 2 aromatic carbocycles. The molecule has 0 unspecified atom stereocenters. The van der Waals surface area contributed by atoms with Gasteiger partial charge in [0, 0.05) is 23.8 Å². The predicted octanol–water partition coefficient (Wildman–Crippen LogP) is 5.43. The zero-order chi connectivity index (χ0) is 20.4. The van der Waals surface area contributed by atoms with Crippen LogP contribution < -0.4 is 9.47 Å². The van der Waals surface area contributed by atoms with Gasteiger partial charge in [-0.05, 0) is 60.9 Å². The number of methoxy groups -OCH3 is 1. The van der Waals surface area contributed by atoms with Crippen molar-refractivity contribution in [1.82, 2.24) is 9.55 Å². The summed E-state index contributed by atoms with van der Waals surface area (Å²) in [5, 5.41) is 1.13. The van der Waals surface area contributed by atoms with Crippen molar-refractivity contribution < 1.29 is 13.9 Å². The molecule has 4 aromatic rings. The van der Waals surface area contributed by atoms with Crippen molar-refractivity contribution in [2.45, 2.75) is 27.0 Å². The summed E-state index contributed by atoms with van der Waals surface area (Å²) in [5.41, 5.74) is 5.42. The third-order valence-electron chi connectivity index (χ3n) is 5.30. The smallest absolute Gasteiger partial charge is 0.238 e. The molecule has 148 valence electrons. The average molecular weight is 390 g/mol. The van der Waals surface area contributed by atoms with Crippen molar-refractivity contribution in [3.05, 3.63) is 89.0 Å². The molecule has 0 amide bonds. The lowest BCUT2D eigenvalue weighted by Gasteiger charge is -2.12. The molecule has 0 aliphatic heterocycles. The number of aryl methyl sites for hydroxylation is 1. The molecule has 0 radical (unpaired) electrons. The summed E-state index contributed by atoms with van der Waals surface area (Å²) in [4.78, 5) is 4.49. The molecule has 4 nitrogen and oxygen atoms in total. The highest BCUT2D eigenvalue weighted by atomic mass is 19.1. The van der Waals surface area contributed by atoms with Crippen LogP contribution in [0.3, 0.4) is 0 Å². The minimum absolute atomic E-state index is 0.256. The van der Waals surface area contributed by atoms with Gasteiger partial charge in [-0.3, -0.25) is 0 Å². The summed E-state index contributed by atoms with van der Waals surface area (Å²) in [6.07, 6.45) is 1.77. The zero-order valence-corrected chi connectivity index (χ0v) is 16.8. The van der Waals surface area contributed by atoms with E-state index in [2.05, 4.69) is 35.5 Å². The van der Waals surface area contributed by atoms with Gasteiger partial charge in [-0.25, -0.2) is 9.37 Å².